The number of rotatable bonds is 5. The minimum absolute atomic E-state index is 0.161. The molecule has 26 heavy (non-hydrogen) atoms. The Morgan fingerprint density at radius 2 is 2.00 bits per heavy atom. The third-order valence-corrected chi connectivity index (χ3v) is 4.43. The molecule has 136 valence electrons. The summed E-state index contributed by atoms with van der Waals surface area (Å²) in [4.78, 5) is 12.5. The van der Waals surface area contributed by atoms with E-state index in [4.69, 9.17) is 11.6 Å². The lowest BCUT2D eigenvalue weighted by Crippen LogP contribution is -2.15. The molecule has 0 bridgehead atoms. The van der Waals surface area contributed by atoms with Crippen molar-refractivity contribution in [3.63, 3.8) is 0 Å². The molecule has 1 amide bonds. The van der Waals surface area contributed by atoms with E-state index in [1.54, 1.807) is 40.7 Å². The molecule has 8 heteroatoms. The second kappa shape index (κ2) is 7.29. The van der Waals surface area contributed by atoms with E-state index in [1.165, 1.54) is 6.07 Å². The molecule has 0 aliphatic heterocycles. The molecule has 3 aromatic rings. The number of hydrogen-bond acceptors (Lipinski definition) is 3. The van der Waals surface area contributed by atoms with Gasteiger partial charge < -0.3 is 5.32 Å². The van der Waals surface area contributed by atoms with E-state index in [1.807, 2.05) is 13.8 Å². The van der Waals surface area contributed by atoms with Crippen LogP contribution in [0.5, 0.6) is 0 Å². The highest BCUT2D eigenvalue weighted by Crippen LogP contribution is 2.23. The zero-order valence-corrected chi connectivity index (χ0v) is 15.5. The summed E-state index contributed by atoms with van der Waals surface area (Å²) in [7, 11) is 0. The fourth-order valence-corrected chi connectivity index (χ4v) is 2.94. The monoisotopic (exact) mass is 375 g/mol. The van der Waals surface area contributed by atoms with Gasteiger partial charge >= 0.3 is 0 Å². The third kappa shape index (κ3) is 3.48. The fourth-order valence-electron chi connectivity index (χ4n) is 2.71. The predicted octanol–water partition coefficient (Wildman–Crippen LogP) is 3.81. The lowest BCUT2D eigenvalue weighted by molar-refractivity contribution is 0.102. The maximum Gasteiger partial charge on any atom is 0.277 e. The Balaban J connectivity index is 1.85. The summed E-state index contributed by atoms with van der Waals surface area (Å²) >= 11 is 6.09. The highest BCUT2D eigenvalue weighted by atomic mass is 35.5. The van der Waals surface area contributed by atoms with Crippen LogP contribution in [0, 0.1) is 19.7 Å². The van der Waals surface area contributed by atoms with Gasteiger partial charge in [-0.05, 0) is 26.8 Å². The highest BCUT2D eigenvalue weighted by Gasteiger charge is 2.20. The summed E-state index contributed by atoms with van der Waals surface area (Å²) < 4.78 is 17.1. The maximum atomic E-state index is 13.9. The van der Waals surface area contributed by atoms with Crippen LogP contribution < -0.4 is 5.32 Å². The molecule has 0 radical (unpaired) electrons. The third-order valence-electron chi connectivity index (χ3n) is 4.15. The lowest BCUT2D eigenvalue weighted by Gasteiger charge is -2.07. The van der Waals surface area contributed by atoms with Crippen molar-refractivity contribution >= 4 is 23.2 Å². The maximum absolute atomic E-state index is 13.9. The Morgan fingerprint density at radius 1 is 1.27 bits per heavy atom. The number of anilines is 1. The Morgan fingerprint density at radius 3 is 2.65 bits per heavy atom. The molecule has 1 N–H and O–H groups in total. The standard InChI is InChI=1S/C18H19ClFN5O/c1-4-24-10-14(19)17(23-24)18(26)21-16-11(2)22-25(12(16)3)9-13-7-5-6-8-15(13)20/h5-8,10H,4,9H2,1-3H3,(H,21,26). The number of aryl methyl sites for hydroxylation is 2. The summed E-state index contributed by atoms with van der Waals surface area (Å²) in [5.74, 6) is -0.693. The summed E-state index contributed by atoms with van der Waals surface area (Å²) in [6.07, 6.45) is 1.61. The van der Waals surface area contributed by atoms with E-state index in [0.29, 0.717) is 28.5 Å². The SMILES string of the molecule is CCn1cc(Cl)c(C(=O)Nc2c(C)nn(Cc3ccccc3F)c2C)n1. The van der Waals surface area contributed by atoms with Gasteiger partial charge in [0.25, 0.3) is 5.91 Å². The minimum Gasteiger partial charge on any atom is -0.317 e. The molecule has 0 unspecified atom stereocenters. The first-order chi connectivity index (χ1) is 12.4. The molecule has 0 fully saturated rings. The minimum atomic E-state index is -0.404. The van der Waals surface area contributed by atoms with Crippen LogP contribution in [0.25, 0.3) is 0 Å². The van der Waals surface area contributed by atoms with Crippen molar-refractivity contribution in [2.75, 3.05) is 5.32 Å². The number of aromatic nitrogens is 4. The van der Waals surface area contributed by atoms with Crippen molar-refractivity contribution in [2.24, 2.45) is 0 Å². The fraction of sp³-hybridized carbons (Fsp3) is 0.278. The topological polar surface area (TPSA) is 64.7 Å². The summed E-state index contributed by atoms with van der Waals surface area (Å²) in [5, 5.41) is 11.7. The number of nitrogens with zero attached hydrogens (tertiary/aromatic N) is 4. The molecule has 3 rings (SSSR count). The average Bonchev–Trinajstić information content (AvgIpc) is 3.11. The smallest absolute Gasteiger partial charge is 0.277 e. The Hall–Kier alpha value is -2.67. The van der Waals surface area contributed by atoms with Crippen LogP contribution in [-0.2, 0) is 13.1 Å². The van der Waals surface area contributed by atoms with Gasteiger partial charge in [0, 0.05) is 18.3 Å². The normalized spacial score (nSPS) is 11.0. The summed E-state index contributed by atoms with van der Waals surface area (Å²) in [6, 6.07) is 6.54. The zero-order valence-electron chi connectivity index (χ0n) is 14.8. The van der Waals surface area contributed by atoms with Crippen molar-refractivity contribution in [1.29, 1.82) is 0 Å². The van der Waals surface area contributed by atoms with E-state index >= 15 is 0 Å². The van der Waals surface area contributed by atoms with Crippen LogP contribution in [0.4, 0.5) is 10.1 Å². The number of hydrogen-bond donors (Lipinski definition) is 1. The van der Waals surface area contributed by atoms with Gasteiger partial charge in [-0.2, -0.15) is 10.2 Å². The van der Waals surface area contributed by atoms with Crippen LogP contribution in [-0.4, -0.2) is 25.5 Å². The molecule has 0 saturated heterocycles. The Kier molecular flexibility index (Phi) is 5.08. The van der Waals surface area contributed by atoms with E-state index in [9.17, 15) is 9.18 Å². The van der Waals surface area contributed by atoms with Crippen LogP contribution in [0.2, 0.25) is 5.02 Å². The largest absolute Gasteiger partial charge is 0.317 e. The van der Waals surface area contributed by atoms with Gasteiger partial charge in [0.15, 0.2) is 5.69 Å². The van der Waals surface area contributed by atoms with Gasteiger partial charge in [-0.1, -0.05) is 29.8 Å². The number of nitrogens with one attached hydrogen (secondary N) is 1. The lowest BCUT2D eigenvalue weighted by atomic mass is 10.2. The van der Waals surface area contributed by atoms with Crippen molar-refractivity contribution in [1.82, 2.24) is 19.6 Å². The molecular formula is C18H19ClFN5O. The van der Waals surface area contributed by atoms with Gasteiger partial charge in [0.05, 0.1) is 28.6 Å². The second-order valence-electron chi connectivity index (χ2n) is 5.93. The van der Waals surface area contributed by atoms with Crippen LogP contribution in [0.1, 0.15) is 34.4 Å². The van der Waals surface area contributed by atoms with Crippen molar-refractivity contribution in [2.45, 2.75) is 33.9 Å². The van der Waals surface area contributed by atoms with E-state index in [0.717, 1.165) is 5.69 Å². The van der Waals surface area contributed by atoms with Gasteiger partial charge in [-0.3, -0.25) is 14.2 Å². The van der Waals surface area contributed by atoms with E-state index < -0.39 is 5.91 Å². The molecule has 2 aromatic heterocycles. The molecule has 0 aliphatic carbocycles. The number of carbonyl (C=O) groups is 1. The Labute approximate surface area is 155 Å². The van der Waals surface area contributed by atoms with Crippen molar-refractivity contribution in [3.8, 4) is 0 Å². The number of halogens is 2. The number of benzene rings is 1. The van der Waals surface area contributed by atoms with Crippen LogP contribution in [0.3, 0.4) is 0 Å². The predicted molar refractivity (Wildman–Crippen MR) is 98.1 cm³/mol. The molecular weight excluding hydrogens is 357 g/mol. The van der Waals surface area contributed by atoms with Gasteiger partial charge in [0.2, 0.25) is 0 Å². The number of carbonyl (C=O) groups excluding carboxylic acids is 1. The van der Waals surface area contributed by atoms with Gasteiger partial charge in [-0.25, -0.2) is 4.39 Å². The molecule has 0 spiro atoms. The van der Waals surface area contributed by atoms with Crippen molar-refractivity contribution in [3.05, 3.63) is 63.9 Å². The highest BCUT2D eigenvalue weighted by molar-refractivity contribution is 6.34. The van der Waals surface area contributed by atoms with E-state index in [-0.39, 0.29) is 18.1 Å². The molecule has 0 aliphatic rings. The van der Waals surface area contributed by atoms with Crippen molar-refractivity contribution < 1.29 is 9.18 Å². The van der Waals surface area contributed by atoms with E-state index in [2.05, 4.69) is 15.5 Å². The second-order valence-corrected chi connectivity index (χ2v) is 6.34. The first-order valence-corrected chi connectivity index (χ1v) is 8.60. The molecule has 0 atom stereocenters. The zero-order chi connectivity index (χ0) is 18.8. The molecule has 0 saturated carbocycles. The first-order valence-electron chi connectivity index (χ1n) is 8.22. The van der Waals surface area contributed by atoms with Crippen LogP contribution >= 0.6 is 11.6 Å². The molecule has 6 nitrogen and oxygen atoms in total. The van der Waals surface area contributed by atoms with Crippen LogP contribution in [0.15, 0.2) is 30.5 Å². The first kappa shape index (κ1) is 18.1. The molecule has 1 aromatic carbocycles. The average molecular weight is 376 g/mol. The molecule has 2 heterocycles. The summed E-state index contributed by atoms with van der Waals surface area (Å²) in [5.41, 5.74) is 2.63. The Bertz CT molecular complexity index is 963. The number of amides is 1. The van der Waals surface area contributed by atoms with Gasteiger partial charge in [-0.15, -0.1) is 0 Å². The van der Waals surface area contributed by atoms with Gasteiger partial charge in [0.1, 0.15) is 5.82 Å². The summed E-state index contributed by atoms with van der Waals surface area (Å²) in [6.45, 7) is 6.41. The quantitative estimate of drug-likeness (QED) is 0.737.